The van der Waals surface area contributed by atoms with Gasteiger partial charge in [-0.05, 0) is 53.6 Å². The van der Waals surface area contributed by atoms with E-state index in [0.29, 0.717) is 22.5 Å². The minimum absolute atomic E-state index is 0.0530. The van der Waals surface area contributed by atoms with E-state index in [1.165, 1.54) is 6.07 Å². The molecule has 0 saturated heterocycles. The Morgan fingerprint density at radius 1 is 0.704 bits per heavy atom. The summed E-state index contributed by atoms with van der Waals surface area (Å²) in [5.41, 5.74) is 3.90. The van der Waals surface area contributed by atoms with Gasteiger partial charge in [0, 0.05) is 12.4 Å². The van der Waals surface area contributed by atoms with Gasteiger partial charge in [0.1, 0.15) is 11.4 Å². The molecule has 3 aromatic rings. The zero-order chi connectivity index (χ0) is 19.1. The molecule has 27 heavy (non-hydrogen) atoms. The summed E-state index contributed by atoms with van der Waals surface area (Å²) >= 11 is 0. The third kappa shape index (κ3) is 4.66. The average Bonchev–Trinajstić information content (AvgIpc) is 2.73. The molecule has 0 aliphatic heterocycles. The number of benzene rings is 3. The van der Waals surface area contributed by atoms with Gasteiger partial charge in [0.25, 0.3) is 0 Å². The lowest BCUT2D eigenvalue weighted by Crippen LogP contribution is -1.82. The second-order valence-electron chi connectivity index (χ2n) is 5.66. The van der Waals surface area contributed by atoms with Crippen LogP contribution in [-0.4, -0.2) is 17.5 Å². The van der Waals surface area contributed by atoms with E-state index in [4.69, 9.17) is 10.5 Å². The molecular formula is C22H14N4O. The number of aliphatic imine (C=N–C) groups is 2. The number of nitriles is 2. The number of hydrogen-bond donors (Lipinski definition) is 1. The Bertz CT molecular complexity index is 1080. The van der Waals surface area contributed by atoms with Crippen molar-refractivity contribution in [2.24, 2.45) is 9.98 Å². The molecule has 0 amide bonds. The predicted octanol–water partition coefficient (Wildman–Crippen LogP) is 4.64. The summed E-state index contributed by atoms with van der Waals surface area (Å²) < 4.78 is 0. The van der Waals surface area contributed by atoms with Crippen LogP contribution in [0.4, 0.5) is 11.4 Å². The number of rotatable bonds is 4. The number of nitrogens with zero attached hydrogens (tertiary/aromatic N) is 4. The van der Waals surface area contributed by atoms with Gasteiger partial charge >= 0.3 is 0 Å². The molecule has 0 heterocycles. The smallest absolute Gasteiger partial charge is 0.141 e. The Balaban J connectivity index is 1.78. The molecule has 0 aliphatic rings. The average molecular weight is 350 g/mol. The summed E-state index contributed by atoms with van der Waals surface area (Å²) in [6.07, 6.45) is 3.30. The molecule has 5 heteroatoms. The van der Waals surface area contributed by atoms with Crippen LogP contribution in [0.2, 0.25) is 0 Å². The first kappa shape index (κ1) is 17.6. The fourth-order valence-electron chi connectivity index (χ4n) is 2.28. The van der Waals surface area contributed by atoms with Crippen molar-refractivity contribution in [3.8, 4) is 17.9 Å². The lowest BCUT2D eigenvalue weighted by Gasteiger charge is -2.01. The van der Waals surface area contributed by atoms with Gasteiger partial charge in [0.05, 0.1) is 29.0 Å². The molecule has 3 aromatic carbocycles. The first-order chi connectivity index (χ1) is 13.2. The molecule has 0 fully saturated rings. The Hall–Kier alpha value is -4.22. The molecule has 0 atom stereocenters. The molecule has 0 bridgehead atoms. The lowest BCUT2D eigenvalue weighted by atomic mass is 10.1. The third-order valence-corrected chi connectivity index (χ3v) is 3.75. The maximum atomic E-state index is 10.00. The summed E-state index contributed by atoms with van der Waals surface area (Å²) in [5, 5.41) is 27.6. The second-order valence-corrected chi connectivity index (χ2v) is 5.66. The fourth-order valence-corrected chi connectivity index (χ4v) is 2.28. The molecule has 0 saturated carbocycles. The van der Waals surface area contributed by atoms with Crippen LogP contribution in [0.15, 0.2) is 76.7 Å². The summed E-state index contributed by atoms with van der Waals surface area (Å²) in [5.74, 6) is 0.0530. The maximum absolute atomic E-state index is 10.00. The Kier molecular flexibility index (Phi) is 5.37. The van der Waals surface area contributed by atoms with Gasteiger partial charge in [-0.25, -0.2) is 0 Å². The summed E-state index contributed by atoms with van der Waals surface area (Å²) in [6.45, 7) is 0. The van der Waals surface area contributed by atoms with Crippen LogP contribution in [0, 0.1) is 22.7 Å². The summed E-state index contributed by atoms with van der Waals surface area (Å²) in [7, 11) is 0. The van der Waals surface area contributed by atoms with E-state index in [0.717, 1.165) is 11.1 Å². The zero-order valence-corrected chi connectivity index (χ0v) is 14.2. The monoisotopic (exact) mass is 350 g/mol. The van der Waals surface area contributed by atoms with Crippen molar-refractivity contribution in [3.63, 3.8) is 0 Å². The van der Waals surface area contributed by atoms with E-state index < -0.39 is 0 Å². The van der Waals surface area contributed by atoms with Crippen molar-refractivity contribution < 1.29 is 5.11 Å². The SMILES string of the molecule is N#Cc1ccc(C=Nc2ccc(O)c(N=Cc3ccc(C#N)cc3)c2)cc1. The lowest BCUT2D eigenvalue weighted by molar-refractivity contribution is 0.477. The molecule has 0 radical (unpaired) electrons. The van der Waals surface area contributed by atoms with Crippen LogP contribution in [0.1, 0.15) is 22.3 Å². The maximum Gasteiger partial charge on any atom is 0.141 e. The van der Waals surface area contributed by atoms with Crippen LogP contribution < -0.4 is 0 Å². The van der Waals surface area contributed by atoms with Gasteiger partial charge in [-0.2, -0.15) is 10.5 Å². The van der Waals surface area contributed by atoms with Crippen molar-refractivity contribution in [3.05, 3.63) is 89.0 Å². The molecule has 128 valence electrons. The van der Waals surface area contributed by atoms with Crippen molar-refractivity contribution in [2.75, 3.05) is 0 Å². The van der Waals surface area contributed by atoms with E-state index in [1.807, 2.05) is 12.1 Å². The third-order valence-electron chi connectivity index (χ3n) is 3.75. The highest BCUT2D eigenvalue weighted by Crippen LogP contribution is 2.30. The van der Waals surface area contributed by atoms with Gasteiger partial charge in [0.15, 0.2) is 0 Å². The number of aromatic hydroxyl groups is 1. The van der Waals surface area contributed by atoms with Crippen molar-refractivity contribution in [1.29, 1.82) is 10.5 Å². The van der Waals surface area contributed by atoms with Crippen molar-refractivity contribution >= 4 is 23.8 Å². The van der Waals surface area contributed by atoms with Crippen LogP contribution in [0.3, 0.4) is 0 Å². The number of hydrogen-bond acceptors (Lipinski definition) is 5. The number of phenolic OH excluding ortho intramolecular Hbond substituents is 1. The number of phenols is 1. The van der Waals surface area contributed by atoms with Crippen molar-refractivity contribution in [2.45, 2.75) is 0 Å². The molecular weight excluding hydrogens is 336 g/mol. The zero-order valence-electron chi connectivity index (χ0n) is 14.2. The van der Waals surface area contributed by atoms with Gasteiger partial charge in [-0.3, -0.25) is 9.98 Å². The van der Waals surface area contributed by atoms with E-state index in [1.54, 1.807) is 61.0 Å². The highest BCUT2D eigenvalue weighted by molar-refractivity contribution is 5.84. The fraction of sp³-hybridized carbons (Fsp3) is 0. The molecule has 0 unspecified atom stereocenters. The molecule has 0 spiro atoms. The first-order valence-corrected chi connectivity index (χ1v) is 8.09. The summed E-state index contributed by atoms with van der Waals surface area (Å²) in [6, 6.07) is 23.1. The summed E-state index contributed by atoms with van der Waals surface area (Å²) in [4.78, 5) is 8.68. The highest BCUT2D eigenvalue weighted by atomic mass is 16.3. The molecule has 3 rings (SSSR count). The second kappa shape index (κ2) is 8.24. The highest BCUT2D eigenvalue weighted by Gasteiger charge is 2.01. The van der Waals surface area contributed by atoms with Crippen LogP contribution in [0.5, 0.6) is 5.75 Å². The standard InChI is InChI=1S/C22H14N4O/c23-12-16-1-5-18(6-2-16)14-25-20-9-10-22(27)21(11-20)26-15-19-7-3-17(13-24)4-8-19/h1-11,14-15,27H. The van der Waals surface area contributed by atoms with Crippen molar-refractivity contribution in [1.82, 2.24) is 0 Å². The van der Waals surface area contributed by atoms with Crippen LogP contribution in [0.25, 0.3) is 0 Å². The Morgan fingerprint density at radius 2 is 1.22 bits per heavy atom. The minimum Gasteiger partial charge on any atom is -0.506 e. The quantitative estimate of drug-likeness (QED) is 0.695. The van der Waals surface area contributed by atoms with Gasteiger partial charge in [-0.1, -0.05) is 24.3 Å². The Morgan fingerprint density at radius 3 is 1.74 bits per heavy atom. The molecule has 1 N–H and O–H groups in total. The molecule has 0 aromatic heterocycles. The van der Waals surface area contributed by atoms with E-state index in [-0.39, 0.29) is 5.75 Å². The molecule has 5 nitrogen and oxygen atoms in total. The van der Waals surface area contributed by atoms with E-state index in [9.17, 15) is 5.11 Å². The van der Waals surface area contributed by atoms with E-state index in [2.05, 4.69) is 22.1 Å². The topological polar surface area (TPSA) is 92.5 Å². The van der Waals surface area contributed by atoms with Crippen LogP contribution >= 0.6 is 0 Å². The largest absolute Gasteiger partial charge is 0.506 e. The van der Waals surface area contributed by atoms with Gasteiger partial charge in [-0.15, -0.1) is 0 Å². The van der Waals surface area contributed by atoms with Gasteiger partial charge in [0.2, 0.25) is 0 Å². The molecule has 0 aliphatic carbocycles. The Labute approximate surface area is 156 Å². The minimum atomic E-state index is 0.0530. The first-order valence-electron chi connectivity index (χ1n) is 8.09. The van der Waals surface area contributed by atoms with Crippen LogP contribution in [-0.2, 0) is 0 Å². The van der Waals surface area contributed by atoms with Gasteiger partial charge < -0.3 is 5.11 Å². The predicted molar refractivity (Wildman–Crippen MR) is 105 cm³/mol. The normalized spacial score (nSPS) is 10.7. The van der Waals surface area contributed by atoms with E-state index >= 15 is 0 Å².